The van der Waals surface area contributed by atoms with E-state index in [4.69, 9.17) is 0 Å². The standard InChI is InChI=1S/C13H19N3OS2/c1-18-7-4-2-3-6-14-9-11-15-10-5-8-19-12(10)13(17)16-11/h5,8,14H,2-4,6-7,9H2,1H3,(H,15,16,17). The Bertz CT molecular complexity index is 564. The van der Waals surface area contributed by atoms with Crippen LogP contribution in [0, 0.1) is 0 Å². The Kier molecular flexibility index (Phi) is 5.88. The number of nitrogens with one attached hydrogen (secondary N) is 2. The van der Waals surface area contributed by atoms with Gasteiger partial charge in [-0.05, 0) is 42.8 Å². The zero-order valence-electron chi connectivity index (χ0n) is 11.1. The van der Waals surface area contributed by atoms with Gasteiger partial charge in [0, 0.05) is 0 Å². The molecule has 0 fully saturated rings. The predicted octanol–water partition coefficient (Wildman–Crippen LogP) is 2.61. The number of thiophene rings is 1. The zero-order chi connectivity index (χ0) is 13.5. The molecule has 0 aromatic carbocycles. The van der Waals surface area contributed by atoms with Crippen molar-refractivity contribution in [2.24, 2.45) is 0 Å². The van der Waals surface area contributed by atoms with Gasteiger partial charge in [0.05, 0.1) is 12.1 Å². The molecule has 0 saturated carbocycles. The number of hydrogen-bond acceptors (Lipinski definition) is 5. The van der Waals surface area contributed by atoms with Gasteiger partial charge in [0.25, 0.3) is 5.56 Å². The molecule has 0 unspecified atom stereocenters. The largest absolute Gasteiger partial charge is 0.310 e. The molecule has 0 amide bonds. The normalized spacial score (nSPS) is 11.2. The third-order valence-electron chi connectivity index (χ3n) is 2.86. The van der Waals surface area contributed by atoms with E-state index >= 15 is 0 Å². The van der Waals surface area contributed by atoms with Crippen LogP contribution in [0.1, 0.15) is 25.1 Å². The molecule has 2 aromatic rings. The highest BCUT2D eigenvalue weighted by Crippen LogP contribution is 2.13. The van der Waals surface area contributed by atoms with Crippen molar-refractivity contribution in [3.63, 3.8) is 0 Å². The molecule has 0 aliphatic carbocycles. The van der Waals surface area contributed by atoms with Crippen molar-refractivity contribution in [1.29, 1.82) is 0 Å². The van der Waals surface area contributed by atoms with Crippen molar-refractivity contribution in [2.75, 3.05) is 18.6 Å². The summed E-state index contributed by atoms with van der Waals surface area (Å²) < 4.78 is 0.709. The monoisotopic (exact) mass is 297 g/mol. The Hall–Kier alpha value is -0.850. The van der Waals surface area contributed by atoms with Gasteiger partial charge in [-0.2, -0.15) is 11.8 Å². The molecule has 104 valence electrons. The minimum absolute atomic E-state index is 0.0308. The second kappa shape index (κ2) is 7.67. The van der Waals surface area contributed by atoms with E-state index in [1.54, 1.807) is 0 Å². The number of unbranched alkanes of at least 4 members (excludes halogenated alkanes) is 2. The highest BCUT2D eigenvalue weighted by Gasteiger charge is 2.04. The van der Waals surface area contributed by atoms with Gasteiger partial charge in [-0.15, -0.1) is 11.3 Å². The molecule has 0 spiro atoms. The maximum Gasteiger partial charge on any atom is 0.268 e. The molecule has 0 radical (unpaired) electrons. The molecule has 19 heavy (non-hydrogen) atoms. The summed E-state index contributed by atoms with van der Waals surface area (Å²) in [6, 6.07) is 1.89. The van der Waals surface area contributed by atoms with Crippen LogP contribution in [-0.4, -0.2) is 28.5 Å². The maximum atomic E-state index is 11.8. The molecule has 0 aliphatic rings. The molecule has 2 N–H and O–H groups in total. The average molecular weight is 297 g/mol. The molecule has 2 aromatic heterocycles. The lowest BCUT2D eigenvalue weighted by Gasteiger charge is -2.04. The van der Waals surface area contributed by atoms with E-state index in [9.17, 15) is 4.79 Å². The first-order valence-corrected chi connectivity index (χ1v) is 8.74. The van der Waals surface area contributed by atoms with Crippen molar-refractivity contribution in [2.45, 2.75) is 25.8 Å². The van der Waals surface area contributed by atoms with E-state index in [1.807, 2.05) is 23.2 Å². The van der Waals surface area contributed by atoms with E-state index in [0.717, 1.165) is 17.9 Å². The van der Waals surface area contributed by atoms with Crippen molar-refractivity contribution in [3.05, 3.63) is 27.6 Å². The van der Waals surface area contributed by atoms with Gasteiger partial charge < -0.3 is 10.3 Å². The summed E-state index contributed by atoms with van der Waals surface area (Å²) in [4.78, 5) is 19.0. The fourth-order valence-electron chi connectivity index (χ4n) is 1.89. The van der Waals surface area contributed by atoms with Gasteiger partial charge in [0.2, 0.25) is 0 Å². The molecule has 0 bridgehead atoms. The highest BCUT2D eigenvalue weighted by molar-refractivity contribution is 7.98. The van der Waals surface area contributed by atoms with Crippen LogP contribution in [-0.2, 0) is 6.54 Å². The van der Waals surface area contributed by atoms with Gasteiger partial charge in [0.1, 0.15) is 10.5 Å². The summed E-state index contributed by atoms with van der Waals surface area (Å²) in [5.74, 6) is 1.96. The lowest BCUT2D eigenvalue weighted by Crippen LogP contribution is -2.19. The SMILES string of the molecule is CSCCCCCNCc1nc2ccsc2c(=O)[nH]1. The van der Waals surface area contributed by atoms with Gasteiger partial charge in [0.15, 0.2) is 0 Å². The van der Waals surface area contributed by atoms with E-state index in [2.05, 4.69) is 21.5 Å². The van der Waals surface area contributed by atoms with E-state index in [0.29, 0.717) is 11.2 Å². The van der Waals surface area contributed by atoms with Gasteiger partial charge in [-0.1, -0.05) is 6.42 Å². The number of nitrogens with zero attached hydrogens (tertiary/aromatic N) is 1. The zero-order valence-corrected chi connectivity index (χ0v) is 12.7. The number of thioether (sulfide) groups is 1. The quantitative estimate of drug-likeness (QED) is 0.735. The second-order valence-electron chi connectivity index (χ2n) is 4.38. The molecule has 2 rings (SSSR count). The summed E-state index contributed by atoms with van der Waals surface area (Å²) in [7, 11) is 0. The number of H-pyrrole nitrogens is 1. The Morgan fingerprint density at radius 3 is 3.16 bits per heavy atom. The van der Waals surface area contributed by atoms with Gasteiger partial charge in [-0.3, -0.25) is 4.79 Å². The second-order valence-corrected chi connectivity index (χ2v) is 6.28. The fraction of sp³-hybridized carbons (Fsp3) is 0.538. The molecule has 4 nitrogen and oxygen atoms in total. The minimum Gasteiger partial charge on any atom is -0.310 e. The summed E-state index contributed by atoms with van der Waals surface area (Å²) in [5, 5.41) is 5.23. The Labute approximate surface area is 121 Å². The van der Waals surface area contributed by atoms with E-state index in [1.165, 1.54) is 36.4 Å². The van der Waals surface area contributed by atoms with Crippen molar-refractivity contribution < 1.29 is 0 Å². The van der Waals surface area contributed by atoms with Crippen LogP contribution in [0.4, 0.5) is 0 Å². The molecule has 0 saturated heterocycles. The molecular weight excluding hydrogens is 278 g/mol. The van der Waals surface area contributed by atoms with Gasteiger partial charge >= 0.3 is 0 Å². The number of fused-ring (bicyclic) bond motifs is 1. The smallest absolute Gasteiger partial charge is 0.268 e. The third kappa shape index (κ3) is 4.33. The fourth-order valence-corrected chi connectivity index (χ4v) is 3.10. The first-order valence-electron chi connectivity index (χ1n) is 6.47. The molecule has 6 heteroatoms. The van der Waals surface area contributed by atoms with Crippen LogP contribution in [0.5, 0.6) is 0 Å². The van der Waals surface area contributed by atoms with Crippen molar-refractivity contribution in [1.82, 2.24) is 15.3 Å². The summed E-state index contributed by atoms with van der Waals surface area (Å²) >= 11 is 3.33. The number of aromatic nitrogens is 2. The van der Waals surface area contributed by atoms with Crippen molar-refractivity contribution in [3.8, 4) is 0 Å². The van der Waals surface area contributed by atoms with Crippen LogP contribution in [0.25, 0.3) is 10.2 Å². The number of aromatic amines is 1. The third-order valence-corrected chi connectivity index (χ3v) is 4.46. The maximum absolute atomic E-state index is 11.8. The number of rotatable bonds is 8. The summed E-state index contributed by atoms with van der Waals surface area (Å²) in [6.07, 6.45) is 5.84. The number of hydrogen-bond donors (Lipinski definition) is 2. The first kappa shape index (κ1) is 14.6. The highest BCUT2D eigenvalue weighted by atomic mass is 32.2. The van der Waals surface area contributed by atoms with Crippen molar-refractivity contribution >= 4 is 33.3 Å². The van der Waals surface area contributed by atoms with Crippen LogP contribution >= 0.6 is 23.1 Å². The molecular formula is C13H19N3OS2. The predicted molar refractivity (Wildman–Crippen MR) is 84.2 cm³/mol. The Morgan fingerprint density at radius 1 is 1.42 bits per heavy atom. The molecule has 2 heterocycles. The lowest BCUT2D eigenvalue weighted by molar-refractivity contribution is 0.605. The lowest BCUT2D eigenvalue weighted by atomic mass is 10.2. The van der Waals surface area contributed by atoms with E-state index in [-0.39, 0.29) is 5.56 Å². The summed E-state index contributed by atoms with van der Waals surface area (Å²) in [6.45, 7) is 1.60. The van der Waals surface area contributed by atoms with Crippen LogP contribution in [0.15, 0.2) is 16.2 Å². The van der Waals surface area contributed by atoms with Gasteiger partial charge in [-0.25, -0.2) is 4.98 Å². The summed E-state index contributed by atoms with van der Waals surface area (Å²) in [5.41, 5.74) is 0.766. The topological polar surface area (TPSA) is 57.8 Å². The van der Waals surface area contributed by atoms with Crippen LogP contribution < -0.4 is 10.9 Å². The molecule has 0 aliphatic heterocycles. The Morgan fingerprint density at radius 2 is 2.32 bits per heavy atom. The van der Waals surface area contributed by atoms with Crippen LogP contribution in [0.3, 0.4) is 0 Å². The minimum atomic E-state index is -0.0308. The Balaban J connectivity index is 1.77. The average Bonchev–Trinajstić information content (AvgIpc) is 2.86. The van der Waals surface area contributed by atoms with E-state index < -0.39 is 0 Å². The van der Waals surface area contributed by atoms with Crippen LogP contribution in [0.2, 0.25) is 0 Å². The first-order chi connectivity index (χ1) is 9.31. The molecule has 0 atom stereocenters.